The van der Waals surface area contributed by atoms with Crippen molar-refractivity contribution in [3.63, 3.8) is 0 Å². The van der Waals surface area contributed by atoms with E-state index in [1.165, 1.54) is 6.42 Å². The standard InChI is InChI=1S/C27H33N3O3/c1-18(2)25(31)29-22-14-12-19(13-15-22)17-28-26(32)24-16-21-10-6-7-11-23(21)30(24)27(33)20-8-4-3-5-9-20/h3-5,8-9,12-15,18,21,23-24H,6-7,10-11,16-17H2,1-2H3,(H,28,32)(H,29,31). The van der Waals surface area contributed by atoms with Crippen LogP contribution in [0, 0.1) is 11.8 Å². The minimum absolute atomic E-state index is 0.0260. The second kappa shape index (κ2) is 10.2. The van der Waals surface area contributed by atoms with Crippen molar-refractivity contribution < 1.29 is 14.4 Å². The SMILES string of the molecule is CC(C)C(=O)Nc1ccc(CNC(=O)C2CC3CCCCC3N2C(=O)c2ccccc2)cc1. The van der Waals surface area contributed by atoms with Crippen LogP contribution in [0.15, 0.2) is 54.6 Å². The molecule has 2 N–H and O–H groups in total. The predicted octanol–water partition coefficient (Wildman–Crippen LogP) is 4.37. The Morgan fingerprint density at radius 1 is 0.970 bits per heavy atom. The Balaban J connectivity index is 1.42. The molecule has 2 fully saturated rings. The van der Waals surface area contributed by atoms with Gasteiger partial charge in [0.1, 0.15) is 6.04 Å². The maximum absolute atomic E-state index is 13.4. The first kappa shape index (κ1) is 23.0. The lowest BCUT2D eigenvalue weighted by Gasteiger charge is -2.33. The summed E-state index contributed by atoms with van der Waals surface area (Å²) in [5.74, 6) is 0.148. The Morgan fingerprint density at radius 2 is 1.67 bits per heavy atom. The summed E-state index contributed by atoms with van der Waals surface area (Å²) in [5, 5.41) is 5.92. The molecular weight excluding hydrogens is 414 g/mol. The molecule has 0 radical (unpaired) electrons. The zero-order valence-corrected chi connectivity index (χ0v) is 19.4. The van der Waals surface area contributed by atoms with Crippen molar-refractivity contribution in [1.82, 2.24) is 10.2 Å². The Labute approximate surface area is 195 Å². The second-order valence-electron chi connectivity index (χ2n) is 9.50. The van der Waals surface area contributed by atoms with E-state index >= 15 is 0 Å². The molecular formula is C27H33N3O3. The molecule has 4 rings (SSSR count). The van der Waals surface area contributed by atoms with Gasteiger partial charge in [-0.15, -0.1) is 0 Å². The first-order valence-electron chi connectivity index (χ1n) is 12.0. The molecule has 2 aliphatic rings. The van der Waals surface area contributed by atoms with Gasteiger partial charge in [0.2, 0.25) is 11.8 Å². The van der Waals surface area contributed by atoms with E-state index in [9.17, 15) is 14.4 Å². The molecule has 33 heavy (non-hydrogen) atoms. The molecule has 0 bridgehead atoms. The molecule has 6 nitrogen and oxygen atoms in total. The predicted molar refractivity (Wildman–Crippen MR) is 129 cm³/mol. The molecule has 1 saturated heterocycles. The Kier molecular flexibility index (Phi) is 7.11. The van der Waals surface area contributed by atoms with E-state index in [1.54, 1.807) is 0 Å². The highest BCUT2D eigenvalue weighted by Crippen LogP contribution is 2.40. The number of amides is 3. The molecule has 0 aromatic heterocycles. The van der Waals surface area contributed by atoms with E-state index in [-0.39, 0.29) is 29.7 Å². The second-order valence-corrected chi connectivity index (χ2v) is 9.50. The number of fused-ring (bicyclic) bond motifs is 1. The van der Waals surface area contributed by atoms with Gasteiger partial charge in [-0.2, -0.15) is 0 Å². The smallest absolute Gasteiger partial charge is 0.254 e. The molecule has 2 aromatic carbocycles. The van der Waals surface area contributed by atoms with Crippen LogP contribution in [0.2, 0.25) is 0 Å². The summed E-state index contributed by atoms with van der Waals surface area (Å²) < 4.78 is 0. The number of nitrogens with zero attached hydrogens (tertiary/aromatic N) is 1. The Morgan fingerprint density at radius 3 is 2.36 bits per heavy atom. The number of carbonyl (C=O) groups is 3. The van der Waals surface area contributed by atoms with Gasteiger partial charge in [0, 0.05) is 29.8 Å². The summed E-state index contributed by atoms with van der Waals surface area (Å²) in [7, 11) is 0. The minimum atomic E-state index is -0.435. The third-order valence-corrected chi connectivity index (χ3v) is 6.86. The maximum atomic E-state index is 13.4. The fraction of sp³-hybridized carbons (Fsp3) is 0.444. The lowest BCUT2D eigenvalue weighted by molar-refractivity contribution is -0.125. The van der Waals surface area contributed by atoms with Crippen LogP contribution in [0.4, 0.5) is 5.69 Å². The fourth-order valence-electron chi connectivity index (χ4n) is 5.02. The Hall–Kier alpha value is -3.15. The molecule has 1 heterocycles. The number of rotatable bonds is 6. The summed E-state index contributed by atoms with van der Waals surface area (Å²) in [5.41, 5.74) is 2.33. The van der Waals surface area contributed by atoms with Gasteiger partial charge in [0.05, 0.1) is 0 Å². The Bertz CT molecular complexity index is 987. The average molecular weight is 448 g/mol. The lowest BCUT2D eigenvalue weighted by Crippen LogP contribution is -2.49. The minimum Gasteiger partial charge on any atom is -0.350 e. The molecule has 6 heteroatoms. The summed E-state index contributed by atoms with van der Waals surface area (Å²) >= 11 is 0. The topological polar surface area (TPSA) is 78.5 Å². The van der Waals surface area contributed by atoms with Gasteiger partial charge in [0.15, 0.2) is 0 Å². The normalized spacial score (nSPS) is 22.0. The van der Waals surface area contributed by atoms with E-state index in [0.717, 1.165) is 36.9 Å². The van der Waals surface area contributed by atoms with Crippen LogP contribution in [-0.4, -0.2) is 34.7 Å². The van der Waals surface area contributed by atoms with Crippen molar-refractivity contribution in [3.05, 3.63) is 65.7 Å². The van der Waals surface area contributed by atoms with Gasteiger partial charge >= 0.3 is 0 Å². The highest BCUT2D eigenvalue weighted by molar-refractivity contribution is 5.98. The summed E-state index contributed by atoms with van der Waals surface area (Å²) in [6, 6.07) is 16.5. The van der Waals surface area contributed by atoms with Crippen molar-refractivity contribution in [1.29, 1.82) is 0 Å². The van der Waals surface area contributed by atoms with Crippen LogP contribution in [0.5, 0.6) is 0 Å². The molecule has 1 aliphatic carbocycles. The number of nitrogens with one attached hydrogen (secondary N) is 2. The highest BCUT2D eigenvalue weighted by atomic mass is 16.2. The molecule has 174 valence electrons. The third kappa shape index (κ3) is 5.27. The number of benzene rings is 2. The fourth-order valence-corrected chi connectivity index (χ4v) is 5.02. The highest BCUT2D eigenvalue weighted by Gasteiger charge is 2.47. The number of carbonyl (C=O) groups excluding carboxylic acids is 3. The van der Waals surface area contributed by atoms with Crippen LogP contribution >= 0.6 is 0 Å². The summed E-state index contributed by atoms with van der Waals surface area (Å²) in [6.07, 6.45) is 5.05. The zero-order chi connectivity index (χ0) is 23.4. The number of hydrogen-bond donors (Lipinski definition) is 2. The van der Waals surface area contributed by atoms with E-state index in [1.807, 2.05) is 73.3 Å². The lowest BCUT2D eigenvalue weighted by atomic mass is 9.84. The molecule has 2 aromatic rings. The van der Waals surface area contributed by atoms with Gasteiger partial charge < -0.3 is 15.5 Å². The number of anilines is 1. The van der Waals surface area contributed by atoms with Crippen molar-refractivity contribution >= 4 is 23.4 Å². The van der Waals surface area contributed by atoms with E-state index in [0.29, 0.717) is 18.0 Å². The molecule has 3 unspecified atom stereocenters. The van der Waals surface area contributed by atoms with Crippen molar-refractivity contribution in [2.45, 2.75) is 64.6 Å². The third-order valence-electron chi connectivity index (χ3n) is 6.86. The number of hydrogen-bond acceptors (Lipinski definition) is 3. The summed E-state index contributed by atoms with van der Waals surface area (Å²) in [4.78, 5) is 40.3. The van der Waals surface area contributed by atoms with Crippen LogP contribution in [0.25, 0.3) is 0 Å². The van der Waals surface area contributed by atoms with Crippen LogP contribution in [-0.2, 0) is 16.1 Å². The number of likely N-dealkylation sites (tertiary alicyclic amines) is 1. The van der Waals surface area contributed by atoms with Gasteiger partial charge in [-0.25, -0.2) is 0 Å². The summed E-state index contributed by atoms with van der Waals surface area (Å²) in [6.45, 7) is 4.09. The van der Waals surface area contributed by atoms with Crippen molar-refractivity contribution in [2.75, 3.05) is 5.32 Å². The van der Waals surface area contributed by atoms with Gasteiger partial charge in [0.25, 0.3) is 5.91 Å². The van der Waals surface area contributed by atoms with Crippen LogP contribution in [0.3, 0.4) is 0 Å². The molecule has 1 aliphatic heterocycles. The first-order chi connectivity index (χ1) is 15.9. The monoisotopic (exact) mass is 447 g/mol. The molecule has 3 atom stereocenters. The van der Waals surface area contributed by atoms with Gasteiger partial charge in [-0.05, 0) is 55.0 Å². The van der Waals surface area contributed by atoms with E-state index in [4.69, 9.17) is 0 Å². The van der Waals surface area contributed by atoms with E-state index in [2.05, 4.69) is 10.6 Å². The zero-order valence-electron chi connectivity index (χ0n) is 19.4. The first-order valence-corrected chi connectivity index (χ1v) is 12.0. The van der Waals surface area contributed by atoms with E-state index < -0.39 is 6.04 Å². The van der Waals surface area contributed by atoms with Gasteiger partial charge in [-0.1, -0.05) is 57.0 Å². The average Bonchev–Trinajstić information content (AvgIpc) is 3.23. The quantitative estimate of drug-likeness (QED) is 0.690. The maximum Gasteiger partial charge on any atom is 0.254 e. The molecule has 1 saturated carbocycles. The van der Waals surface area contributed by atoms with Gasteiger partial charge in [-0.3, -0.25) is 14.4 Å². The largest absolute Gasteiger partial charge is 0.350 e. The van der Waals surface area contributed by atoms with Crippen LogP contribution in [0.1, 0.15) is 61.9 Å². The van der Waals surface area contributed by atoms with Crippen molar-refractivity contribution in [2.24, 2.45) is 11.8 Å². The molecule has 0 spiro atoms. The van der Waals surface area contributed by atoms with Crippen LogP contribution < -0.4 is 10.6 Å². The van der Waals surface area contributed by atoms with Crippen molar-refractivity contribution in [3.8, 4) is 0 Å². The molecule has 3 amide bonds.